The predicted molar refractivity (Wildman–Crippen MR) is 92.2 cm³/mol. The summed E-state index contributed by atoms with van der Waals surface area (Å²) >= 11 is 0. The van der Waals surface area contributed by atoms with Crippen LogP contribution in [0.15, 0.2) is 0 Å². The molecule has 4 heteroatoms. The van der Waals surface area contributed by atoms with E-state index in [-0.39, 0.29) is 12.5 Å². The van der Waals surface area contributed by atoms with Crippen LogP contribution in [0.2, 0.25) is 0 Å². The lowest BCUT2D eigenvalue weighted by molar-refractivity contribution is -0.141. The summed E-state index contributed by atoms with van der Waals surface area (Å²) in [4.78, 5) is 17.1. The lowest BCUT2D eigenvalue weighted by atomic mass is 9.91. The molecule has 1 heterocycles. The molecule has 0 spiro atoms. The fourth-order valence-electron chi connectivity index (χ4n) is 5.18. The number of piperidine rings is 1. The second-order valence-corrected chi connectivity index (χ2v) is 8.09. The maximum absolute atomic E-state index is 12.4. The van der Waals surface area contributed by atoms with E-state index >= 15 is 0 Å². The van der Waals surface area contributed by atoms with Crippen LogP contribution in [0.25, 0.3) is 0 Å². The van der Waals surface area contributed by atoms with E-state index in [9.17, 15) is 9.90 Å². The van der Waals surface area contributed by atoms with Gasteiger partial charge in [-0.3, -0.25) is 4.79 Å². The lowest BCUT2D eigenvalue weighted by Gasteiger charge is -2.44. The Morgan fingerprint density at radius 3 is 2.22 bits per heavy atom. The van der Waals surface area contributed by atoms with Crippen LogP contribution in [0.3, 0.4) is 0 Å². The van der Waals surface area contributed by atoms with Crippen LogP contribution >= 0.6 is 0 Å². The summed E-state index contributed by atoms with van der Waals surface area (Å²) in [6, 6.07) is 1.52. The van der Waals surface area contributed by atoms with Gasteiger partial charge in [-0.05, 0) is 50.9 Å². The minimum atomic E-state index is -0.323. The molecular weight excluding hydrogens is 288 g/mol. The van der Waals surface area contributed by atoms with Crippen molar-refractivity contribution in [2.75, 3.05) is 19.7 Å². The van der Waals surface area contributed by atoms with Crippen molar-refractivity contribution in [3.63, 3.8) is 0 Å². The molecule has 1 N–H and O–H groups in total. The van der Waals surface area contributed by atoms with Crippen LogP contribution in [0.4, 0.5) is 0 Å². The van der Waals surface area contributed by atoms with E-state index in [1.54, 1.807) is 0 Å². The molecular formula is C19H34N2O2. The Kier molecular flexibility index (Phi) is 5.97. The summed E-state index contributed by atoms with van der Waals surface area (Å²) in [5, 5.41) is 9.42. The van der Waals surface area contributed by atoms with Crippen LogP contribution in [-0.4, -0.2) is 58.6 Å². The first-order valence-electron chi connectivity index (χ1n) is 9.85. The van der Waals surface area contributed by atoms with Crippen molar-refractivity contribution in [1.82, 2.24) is 9.80 Å². The fourth-order valence-corrected chi connectivity index (χ4v) is 5.18. The minimum absolute atomic E-state index is 0.0372. The van der Waals surface area contributed by atoms with Crippen molar-refractivity contribution >= 4 is 5.91 Å². The second kappa shape index (κ2) is 7.98. The van der Waals surface area contributed by atoms with Gasteiger partial charge in [0.2, 0.25) is 5.91 Å². The van der Waals surface area contributed by atoms with E-state index in [2.05, 4.69) is 16.7 Å². The van der Waals surface area contributed by atoms with E-state index < -0.39 is 0 Å². The molecule has 1 saturated heterocycles. The first kappa shape index (κ1) is 17.2. The molecule has 0 radical (unpaired) electrons. The zero-order valence-corrected chi connectivity index (χ0v) is 14.8. The van der Waals surface area contributed by atoms with Crippen molar-refractivity contribution in [1.29, 1.82) is 0 Å². The molecule has 3 aliphatic rings. The quantitative estimate of drug-likeness (QED) is 0.865. The SMILES string of the molecule is CC1CCC(N2CCC(N(C(=O)CO)C3CCCCC3)CC2)C1. The normalized spacial score (nSPS) is 31.4. The van der Waals surface area contributed by atoms with E-state index in [0.29, 0.717) is 12.1 Å². The number of carbonyl (C=O) groups is 1. The minimum Gasteiger partial charge on any atom is -0.387 e. The van der Waals surface area contributed by atoms with E-state index in [1.807, 2.05) is 0 Å². The maximum atomic E-state index is 12.4. The Bertz CT molecular complexity index is 387. The number of hydrogen-bond acceptors (Lipinski definition) is 3. The summed E-state index contributed by atoms with van der Waals surface area (Å²) in [5.41, 5.74) is 0. The van der Waals surface area contributed by atoms with Gasteiger partial charge >= 0.3 is 0 Å². The first-order valence-corrected chi connectivity index (χ1v) is 9.85. The van der Waals surface area contributed by atoms with Crippen molar-refractivity contribution < 1.29 is 9.90 Å². The number of nitrogens with zero attached hydrogens (tertiary/aromatic N) is 2. The zero-order chi connectivity index (χ0) is 16.2. The van der Waals surface area contributed by atoms with Crippen LogP contribution in [-0.2, 0) is 4.79 Å². The summed E-state index contributed by atoms with van der Waals surface area (Å²) in [5.74, 6) is 0.845. The zero-order valence-electron chi connectivity index (χ0n) is 14.8. The third kappa shape index (κ3) is 4.08. The standard InChI is InChI=1S/C19H34N2O2/c1-15-7-8-18(13-15)20-11-9-17(10-12-20)21(19(23)14-22)16-5-3-2-4-6-16/h15-18,22H,2-14H2,1H3. The van der Waals surface area contributed by atoms with Crippen LogP contribution < -0.4 is 0 Å². The molecule has 4 nitrogen and oxygen atoms in total. The fraction of sp³-hybridized carbons (Fsp3) is 0.947. The van der Waals surface area contributed by atoms with Crippen molar-refractivity contribution in [3.8, 4) is 0 Å². The van der Waals surface area contributed by atoms with Gasteiger partial charge in [-0.25, -0.2) is 0 Å². The Hall–Kier alpha value is -0.610. The molecule has 2 aliphatic carbocycles. The number of hydrogen-bond donors (Lipinski definition) is 1. The second-order valence-electron chi connectivity index (χ2n) is 8.09. The molecule has 0 aromatic rings. The van der Waals surface area contributed by atoms with Gasteiger partial charge in [-0.1, -0.05) is 26.2 Å². The predicted octanol–water partition coefficient (Wildman–Crippen LogP) is 2.79. The maximum Gasteiger partial charge on any atom is 0.248 e. The molecule has 0 aromatic heterocycles. The van der Waals surface area contributed by atoms with E-state index in [1.165, 1.54) is 38.5 Å². The Balaban J connectivity index is 1.57. The van der Waals surface area contributed by atoms with Crippen LogP contribution in [0, 0.1) is 5.92 Å². The average molecular weight is 322 g/mol. The van der Waals surface area contributed by atoms with Crippen LogP contribution in [0.5, 0.6) is 0 Å². The molecule has 2 atom stereocenters. The monoisotopic (exact) mass is 322 g/mol. The van der Waals surface area contributed by atoms with Gasteiger partial charge in [0.05, 0.1) is 0 Å². The molecule has 2 unspecified atom stereocenters. The molecule has 0 bridgehead atoms. The summed E-state index contributed by atoms with van der Waals surface area (Å²) < 4.78 is 0. The summed E-state index contributed by atoms with van der Waals surface area (Å²) in [7, 11) is 0. The Morgan fingerprint density at radius 2 is 1.65 bits per heavy atom. The molecule has 3 fully saturated rings. The summed E-state index contributed by atoms with van der Waals surface area (Å²) in [6.07, 6.45) is 12.3. The third-order valence-electron chi connectivity index (χ3n) is 6.47. The third-order valence-corrected chi connectivity index (χ3v) is 6.47. The average Bonchev–Trinajstić information content (AvgIpc) is 3.03. The smallest absolute Gasteiger partial charge is 0.248 e. The van der Waals surface area contributed by atoms with Gasteiger partial charge in [0.25, 0.3) is 0 Å². The van der Waals surface area contributed by atoms with Crippen molar-refractivity contribution in [2.45, 2.75) is 89.3 Å². The number of rotatable bonds is 4. The molecule has 0 aromatic carbocycles. The van der Waals surface area contributed by atoms with Crippen LogP contribution in [0.1, 0.15) is 71.1 Å². The van der Waals surface area contributed by atoms with E-state index in [0.717, 1.165) is 50.7 Å². The van der Waals surface area contributed by atoms with E-state index in [4.69, 9.17) is 0 Å². The highest BCUT2D eigenvalue weighted by Crippen LogP contribution is 2.33. The number of likely N-dealkylation sites (tertiary alicyclic amines) is 1. The Morgan fingerprint density at radius 1 is 1.00 bits per heavy atom. The van der Waals surface area contributed by atoms with Crippen molar-refractivity contribution in [3.05, 3.63) is 0 Å². The van der Waals surface area contributed by atoms with Crippen molar-refractivity contribution in [2.24, 2.45) is 5.92 Å². The number of aliphatic hydroxyl groups is 1. The molecule has 23 heavy (non-hydrogen) atoms. The van der Waals surface area contributed by atoms with Gasteiger partial charge < -0.3 is 14.9 Å². The first-order chi connectivity index (χ1) is 11.2. The summed E-state index contributed by atoms with van der Waals surface area (Å²) in [6.45, 7) is 4.31. The molecule has 3 rings (SSSR count). The number of aliphatic hydroxyl groups excluding tert-OH is 1. The molecule has 1 amide bonds. The Labute approximate surface area is 141 Å². The number of carbonyl (C=O) groups excluding carboxylic acids is 1. The van der Waals surface area contributed by atoms with Gasteiger partial charge in [0.1, 0.15) is 6.61 Å². The highest BCUT2D eigenvalue weighted by molar-refractivity contribution is 5.78. The van der Waals surface area contributed by atoms with Gasteiger partial charge in [0, 0.05) is 31.2 Å². The highest BCUT2D eigenvalue weighted by Gasteiger charge is 2.35. The topological polar surface area (TPSA) is 43.8 Å². The molecule has 132 valence electrons. The highest BCUT2D eigenvalue weighted by atomic mass is 16.3. The number of amides is 1. The van der Waals surface area contributed by atoms with Gasteiger partial charge in [0.15, 0.2) is 0 Å². The van der Waals surface area contributed by atoms with Gasteiger partial charge in [-0.2, -0.15) is 0 Å². The lowest BCUT2D eigenvalue weighted by Crippen LogP contribution is -2.54. The largest absolute Gasteiger partial charge is 0.387 e. The molecule has 2 saturated carbocycles. The molecule has 1 aliphatic heterocycles. The van der Waals surface area contributed by atoms with Gasteiger partial charge in [-0.15, -0.1) is 0 Å².